The van der Waals surface area contributed by atoms with Crippen LogP contribution in [-0.2, 0) is 30.0 Å². The molecule has 0 fully saturated rings. The molecule has 99 heavy (non-hydrogen) atoms. The van der Waals surface area contributed by atoms with Crippen LogP contribution in [0.1, 0.15) is 413 Å². The number of rotatable bonds is 62. The number of phenolic OH excluding ortho intramolecular Hbond substituents is 2. The zero-order valence-electron chi connectivity index (χ0n) is 66.0. The van der Waals surface area contributed by atoms with Gasteiger partial charge in [0.25, 0.3) is 0 Å². The van der Waals surface area contributed by atoms with Gasteiger partial charge in [0.05, 0.1) is 33.5 Å². The lowest BCUT2D eigenvalue weighted by Gasteiger charge is -2.29. The molecule has 6 N–H and O–H groups in total. The number of aromatic hydroxyl groups is 2. The number of carboxylic acid groups (broad SMARTS) is 4. The van der Waals surface area contributed by atoms with E-state index in [4.69, 9.17) is 10.2 Å². The number of aryl methyl sites for hydroxylation is 2. The molecule has 2 aromatic carbocycles. The number of hydrogen-bond acceptors (Lipinski definition) is 9. The van der Waals surface area contributed by atoms with Crippen molar-refractivity contribution in [2.24, 2.45) is 10.8 Å². The fourth-order valence-electron chi connectivity index (χ4n) is 13.4. The Hall–Kier alpha value is -3.03. The summed E-state index contributed by atoms with van der Waals surface area (Å²) < 4.78 is 0. The Kier molecular flexibility index (Phi) is 58.4. The third kappa shape index (κ3) is 49.4. The van der Waals surface area contributed by atoms with E-state index in [2.05, 4.69) is 69.2 Å². The van der Waals surface area contributed by atoms with E-state index in [0.717, 1.165) is 109 Å². The molecule has 0 aliphatic rings. The Morgan fingerprint density at radius 2 is 0.525 bits per heavy atom. The molecule has 576 valence electrons. The van der Waals surface area contributed by atoms with Gasteiger partial charge in [-0.25, -0.2) is 0 Å². The average Bonchev–Trinajstić information content (AvgIpc) is 0.793. The predicted molar refractivity (Wildman–Crippen MR) is 431 cm³/mol. The van der Waals surface area contributed by atoms with Crippen molar-refractivity contribution in [2.45, 2.75) is 425 Å². The highest BCUT2D eigenvalue weighted by Gasteiger charge is 2.38. The van der Waals surface area contributed by atoms with E-state index in [9.17, 15) is 39.6 Å². The van der Waals surface area contributed by atoms with Crippen LogP contribution in [0.4, 0.5) is 0 Å². The Morgan fingerprint density at radius 1 is 0.323 bits per heavy atom. The lowest BCUT2D eigenvalue weighted by atomic mass is 9.79. The maximum absolute atomic E-state index is 12.6. The zero-order chi connectivity index (χ0) is 74.1. The molecule has 0 heterocycles. The molecule has 0 atom stereocenters. The monoisotopic (exact) mass is 1440 g/mol. The zero-order valence-corrected chi connectivity index (χ0v) is 68.5. The van der Waals surface area contributed by atoms with Gasteiger partial charge >= 0.3 is 23.9 Å². The van der Waals surface area contributed by atoms with Gasteiger partial charge in [-0.3, -0.25) is 19.2 Å². The van der Waals surface area contributed by atoms with Crippen LogP contribution in [0, 0.1) is 24.7 Å². The SMILES string of the molecule is CCCCCCCCC(CCCCCCCC)(CSCCC(=O)O)C(=O)O.CCCCCCCCCCCCCCCCCCC(CCCCCCCCCCCCCCCCCC)(CSCCC(=O)O)C(=O)O.Cc1cc(Sc2cc(C)cc(C(C)(C)C)c2O)c(O)c(C(C)(C)C)c1. The number of benzene rings is 2. The van der Waals surface area contributed by atoms with E-state index in [0.29, 0.717) is 34.5 Å². The van der Waals surface area contributed by atoms with Crippen molar-refractivity contribution < 1.29 is 49.8 Å². The lowest BCUT2D eigenvalue weighted by molar-refractivity contribution is -0.149. The Balaban J connectivity index is 0.00000157. The van der Waals surface area contributed by atoms with Gasteiger partial charge in [0.2, 0.25) is 0 Å². The van der Waals surface area contributed by atoms with Crippen molar-refractivity contribution in [3.63, 3.8) is 0 Å². The van der Waals surface area contributed by atoms with Crippen LogP contribution in [0.2, 0.25) is 0 Å². The quantitative estimate of drug-likeness (QED) is 0.0344. The molecule has 0 aliphatic heterocycles. The number of carbonyl (C=O) groups is 4. The minimum absolute atomic E-state index is 0.106. The molecule has 13 heteroatoms. The summed E-state index contributed by atoms with van der Waals surface area (Å²) in [7, 11) is 0. The minimum Gasteiger partial charge on any atom is -0.506 e. The second-order valence-corrected chi connectivity index (χ2v) is 34.9. The first kappa shape index (κ1) is 96.0. The van der Waals surface area contributed by atoms with Crippen LogP contribution in [-0.4, -0.2) is 77.5 Å². The van der Waals surface area contributed by atoms with Gasteiger partial charge in [0, 0.05) is 34.1 Å². The molecule has 0 aliphatic carbocycles. The summed E-state index contributed by atoms with van der Waals surface area (Å²) in [4.78, 5) is 48.0. The number of phenols is 2. The molecule has 0 amide bonds. The second kappa shape index (κ2) is 60.3. The third-order valence-electron chi connectivity index (χ3n) is 19.9. The Morgan fingerprint density at radius 3 is 0.707 bits per heavy atom. The van der Waals surface area contributed by atoms with Crippen molar-refractivity contribution in [3.05, 3.63) is 46.5 Å². The van der Waals surface area contributed by atoms with Crippen molar-refractivity contribution in [1.29, 1.82) is 0 Å². The summed E-state index contributed by atoms with van der Waals surface area (Å²) in [5.74, 6) is -0.256. The number of thioether (sulfide) groups is 2. The van der Waals surface area contributed by atoms with Crippen LogP contribution >= 0.6 is 35.3 Å². The highest BCUT2D eigenvalue weighted by molar-refractivity contribution is 7.99. The first-order chi connectivity index (χ1) is 47.3. The van der Waals surface area contributed by atoms with Crippen molar-refractivity contribution in [1.82, 2.24) is 0 Å². The van der Waals surface area contributed by atoms with Crippen molar-refractivity contribution in [3.8, 4) is 11.5 Å². The minimum atomic E-state index is -0.810. The van der Waals surface area contributed by atoms with Gasteiger partial charge in [-0.05, 0) is 73.6 Å². The largest absolute Gasteiger partial charge is 0.506 e. The van der Waals surface area contributed by atoms with Gasteiger partial charge in [0.1, 0.15) is 11.5 Å². The predicted octanol–water partition coefficient (Wildman–Crippen LogP) is 27.8. The van der Waals surface area contributed by atoms with Crippen LogP contribution < -0.4 is 0 Å². The van der Waals surface area contributed by atoms with Gasteiger partial charge < -0.3 is 30.6 Å². The molecular formula is C86H154O10S3. The molecule has 0 bridgehead atoms. The molecule has 0 radical (unpaired) electrons. The molecule has 0 spiro atoms. The van der Waals surface area contributed by atoms with Gasteiger partial charge in [-0.15, -0.1) is 0 Å². The molecule has 0 unspecified atom stereocenters. The first-order valence-electron chi connectivity index (χ1n) is 40.7. The van der Waals surface area contributed by atoms with E-state index < -0.39 is 34.7 Å². The molecule has 0 saturated heterocycles. The maximum Gasteiger partial charge on any atom is 0.310 e. The van der Waals surface area contributed by atoms with Crippen molar-refractivity contribution >= 4 is 59.2 Å². The van der Waals surface area contributed by atoms with E-state index in [-0.39, 0.29) is 23.7 Å². The van der Waals surface area contributed by atoms with Gasteiger partial charge in [0.15, 0.2) is 0 Å². The summed E-state index contributed by atoms with van der Waals surface area (Å²) in [5.41, 5.74) is 2.40. The summed E-state index contributed by atoms with van der Waals surface area (Å²) in [6.45, 7) is 25.6. The molecule has 0 saturated carbocycles. The third-order valence-corrected chi connectivity index (χ3v) is 23.5. The maximum atomic E-state index is 12.6. The van der Waals surface area contributed by atoms with Crippen LogP contribution in [0.15, 0.2) is 34.1 Å². The second-order valence-electron chi connectivity index (χ2n) is 31.6. The Bertz CT molecular complexity index is 2220. The smallest absolute Gasteiger partial charge is 0.310 e. The number of hydrogen-bond donors (Lipinski definition) is 6. The summed E-state index contributed by atoms with van der Waals surface area (Å²) >= 11 is 4.46. The van der Waals surface area contributed by atoms with E-state index in [1.54, 1.807) is 0 Å². The van der Waals surface area contributed by atoms with E-state index in [1.807, 2.05) is 38.1 Å². The fraction of sp³-hybridized carbons (Fsp3) is 0.814. The van der Waals surface area contributed by atoms with E-state index >= 15 is 0 Å². The van der Waals surface area contributed by atoms with Crippen LogP contribution in [0.25, 0.3) is 0 Å². The standard InChI is InChI=1S/C42H82O4S.C22H42O4S.C22H30O2S/c1-3-5-7-9-11-13-15-17-19-21-23-25-27-29-31-33-36-42(41(45)46,39-47-38-35-40(43)44)37-34-32-30-28-26-24-22-20-18-16-14-12-10-8-6-4-2;1-3-5-7-9-11-13-16-22(21(25)26,19-27-18-15-20(23)24)17-14-12-10-8-6-4-2;1-13-9-15(21(3,4)5)19(23)17(11-13)25-18-12-14(2)10-16(20(18)24)22(6,7)8/h3-39H2,1-2H3,(H,43,44)(H,45,46);3-19H2,1-2H3,(H,23,24)(H,25,26);9-12,23-24H,1-8H3. The van der Waals surface area contributed by atoms with Gasteiger partial charge in [-0.1, -0.05) is 376 Å². The van der Waals surface area contributed by atoms with Crippen LogP contribution in [0.5, 0.6) is 11.5 Å². The summed E-state index contributed by atoms with van der Waals surface area (Å²) in [5, 5.41) is 59.8. The average molecular weight is 1440 g/mol. The summed E-state index contributed by atoms with van der Waals surface area (Å²) in [6.07, 6.45) is 59.4. The topological polar surface area (TPSA) is 190 Å². The normalized spacial score (nSPS) is 11.9. The number of carboxylic acids is 4. The molecule has 0 aromatic heterocycles. The Labute approximate surface area is 621 Å². The van der Waals surface area contributed by atoms with E-state index in [1.165, 1.54) is 266 Å². The molecule has 10 nitrogen and oxygen atoms in total. The number of aliphatic carboxylic acids is 4. The summed E-state index contributed by atoms with van der Waals surface area (Å²) in [6, 6.07) is 8.04. The first-order valence-corrected chi connectivity index (χ1v) is 43.8. The van der Waals surface area contributed by atoms with Crippen LogP contribution in [0.3, 0.4) is 0 Å². The van der Waals surface area contributed by atoms with Crippen molar-refractivity contribution in [2.75, 3.05) is 23.0 Å². The highest BCUT2D eigenvalue weighted by Crippen LogP contribution is 2.47. The fourth-order valence-corrected chi connectivity index (χ4v) is 17.0. The number of unbranched alkanes of at least 4 members (excludes halogenated alkanes) is 40. The molecule has 2 rings (SSSR count). The molecule has 2 aromatic rings. The highest BCUT2D eigenvalue weighted by atomic mass is 32.2. The lowest BCUT2D eigenvalue weighted by Crippen LogP contribution is -2.34. The molecular weight excluding hydrogens is 1290 g/mol. The van der Waals surface area contributed by atoms with Gasteiger partial charge in [-0.2, -0.15) is 23.5 Å².